The van der Waals surface area contributed by atoms with Crippen LogP contribution in [0.25, 0.3) is 16.6 Å². The van der Waals surface area contributed by atoms with Crippen LogP contribution in [0.4, 0.5) is 13.2 Å². The van der Waals surface area contributed by atoms with E-state index in [9.17, 15) is 18.0 Å². The Kier molecular flexibility index (Phi) is 12.1. The number of nitrogens with one attached hydrogen (secondary N) is 2. The summed E-state index contributed by atoms with van der Waals surface area (Å²) in [5.41, 5.74) is 4.91. The molecule has 0 spiro atoms. The standard InChI is InChI=1S/C39H47Cl2F3N6O2/c1-38(2,3)49-17-16-45-35(26-49)37(51)46-15-5-6-28-24-50(29-10-12-30(13-11-29)52-39(42,43)44)36-22-27(9-14-31(28)36)23-47-18-20-48(21-19-47)25-32-33(40)7-4-8-34(32)41/h4,7-14,22,24,35,45H,5-6,15-21,23,25-26H2,1-3H3,(H,46,51). The first kappa shape index (κ1) is 38.4. The van der Waals surface area contributed by atoms with Gasteiger partial charge in [0.25, 0.3) is 0 Å². The van der Waals surface area contributed by atoms with Gasteiger partial charge in [-0.3, -0.25) is 19.5 Å². The molecule has 0 radical (unpaired) electrons. The molecule has 8 nitrogen and oxygen atoms in total. The Bertz CT molecular complexity index is 1810. The average molecular weight is 760 g/mol. The highest BCUT2D eigenvalue weighted by Crippen LogP contribution is 2.31. The van der Waals surface area contributed by atoms with Gasteiger partial charge in [-0.15, -0.1) is 13.2 Å². The molecule has 280 valence electrons. The second-order valence-corrected chi connectivity index (χ2v) is 15.5. The van der Waals surface area contributed by atoms with Crippen LogP contribution in [0.2, 0.25) is 10.0 Å². The van der Waals surface area contributed by atoms with E-state index in [1.165, 1.54) is 12.1 Å². The van der Waals surface area contributed by atoms with E-state index in [0.29, 0.717) is 29.7 Å². The van der Waals surface area contributed by atoms with E-state index in [2.05, 4.69) is 75.2 Å². The van der Waals surface area contributed by atoms with Gasteiger partial charge in [-0.25, -0.2) is 0 Å². The minimum absolute atomic E-state index is 0.00235. The molecule has 1 atom stereocenters. The zero-order chi connectivity index (χ0) is 37.0. The van der Waals surface area contributed by atoms with Gasteiger partial charge in [-0.1, -0.05) is 41.4 Å². The van der Waals surface area contributed by atoms with Crippen LogP contribution < -0.4 is 15.4 Å². The molecule has 52 heavy (non-hydrogen) atoms. The number of benzene rings is 3. The van der Waals surface area contributed by atoms with Gasteiger partial charge in [0.2, 0.25) is 5.91 Å². The summed E-state index contributed by atoms with van der Waals surface area (Å²) in [7, 11) is 0. The van der Waals surface area contributed by atoms with E-state index in [4.69, 9.17) is 23.2 Å². The lowest BCUT2D eigenvalue weighted by Gasteiger charge is -2.41. The lowest BCUT2D eigenvalue weighted by Crippen LogP contribution is -2.61. The van der Waals surface area contributed by atoms with Gasteiger partial charge >= 0.3 is 6.36 Å². The Balaban J connectivity index is 1.13. The van der Waals surface area contributed by atoms with Gasteiger partial charge < -0.3 is 19.9 Å². The summed E-state index contributed by atoms with van der Waals surface area (Å²) in [5, 5.41) is 8.90. The Labute approximate surface area is 313 Å². The number of hydrogen-bond donors (Lipinski definition) is 2. The van der Waals surface area contributed by atoms with Crippen molar-refractivity contribution >= 4 is 40.0 Å². The number of aryl methyl sites for hydroxylation is 1. The number of ether oxygens (including phenoxy) is 1. The first-order valence-corrected chi connectivity index (χ1v) is 18.6. The maximum Gasteiger partial charge on any atom is 0.573 e. The van der Waals surface area contributed by atoms with Crippen LogP contribution in [0.5, 0.6) is 5.75 Å². The summed E-state index contributed by atoms with van der Waals surface area (Å²) >= 11 is 12.8. The van der Waals surface area contributed by atoms with Gasteiger partial charge in [0.15, 0.2) is 0 Å². The van der Waals surface area contributed by atoms with Crippen molar-refractivity contribution in [3.63, 3.8) is 0 Å². The summed E-state index contributed by atoms with van der Waals surface area (Å²) in [5.74, 6) is -0.255. The number of fused-ring (bicyclic) bond motifs is 1. The SMILES string of the molecule is CC(C)(C)N1CCNC(C(=O)NCCCc2cn(-c3ccc(OC(F)(F)F)cc3)c3cc(CN4CCN(Cc5c(Cl)cccc5Cl)CC4)ccc23)C1. The van der Waals surface area contributed by atoms with Crippen molar-refractivity contribution in [2.24, 2.45) is 0 Å². The fraction of sp³-hybridized carbons (Fsp3) is 0.462. The first-order valence-electron chi connectivity index (χ1n) is 17.9. The molecule has 1 unspecified atom stereocenters. The highest BCUT2D eigenvalue weighted by Gasteiger charge is 2.32. The van der Waals surface area contributed by atoms with Crippen LogP contribution in [0.15, 0.2) is 66.9 Å². The summed E-state index contributed by atoms with van der Waals surface area (Å²) in [6.45, 7) is 14.4. The number of piperazine rings is 2. The predicted octanol–water partition coefficient (Wildman–Crippen LogP) is 7.27. The largest absolute Gasteiger partial charge is 0.573 e. The Morgan fingerprint density at radius 3 is 2.25 bits per heavy atom. The molecule has 0 saturated carbocycles. The van der Waals surface area contributed by atoms with E-state index >= 15 is 0 Å². The third-order valence-corrected chi connectivity index (χ3v) is 10.7. The Morgan fingerprint density at radius 1 is 0.923 bits per heavy atom. The smallest absolute Gasteiger partial charge is 0.406 e. The van der Waals surface area contributed by atoms with Crippen LogP contribution in [0, 0.1) is 0 Å². The highest BCUT2D eigenvalue weighted by atomic mass is 35.5. The summed E-state index contributed by atoms with van der Waals surface area (Å²) in [6.07, 6.45) is -1.24. The second-order valence-electron chi connectivity index (χ2n) is 14.7. The van der Waals surface area contributed by atoms with E-state index in [1.54, 1.807) is 12.1 Å². The summed E-state index contributed by atoms with van der Waals surface area (Å²) in [4.78, 5) is 20.1. The lowest BCUT2D eigenvalue weighted by molar-refractivity contribution is -0.274. The molecule has 2 saturated heterocycles. The number of carbonyl (C=O) groups excluding carboxylic acids is 1. The third-order valence-electron chi connectivity index (χ3n) is 9.98. The molecule has 0 aliphatic carbocycles. The van der Waals surface area contributed by atoms with Crippen molar-refractivity contribution in [3.05, 3.63) is 93.6 Å². The van der Waals surface area contributed by atoms with Crippen molar-refractivity contribution in [2.75, 3.05) is 52.4 Å². The van der Waals surface area contributed by atoms with Gasteiger partial charge in [0.05, 0.1) is 11.6 Å². The quantitative estimate of drug-likeness (QED) is 0.157. The summed E-state index contributed by atoms with van der Waals surface area (Å²) in [6, 6.07) is 17.8. The van der Waals surface area contributed by atoms with Crippen LogP contribution in [0.3, 0.4) is 0 Å². The molecule has 13 heteroatoms. The van der Waals surface area contributed by atoms with Crippen LogP contribution in [-0.4, -0.2) is 95.5 Å². The second kappa shape index (κ2) is 16.4. The van der Waals surface area contributed by atoms with Crippen molar-refractivity contribution in [3.8, 4) is 11.4 Å². The predicted molar refractivity (Wildman–Crippen MR) is 201 cm³/mol. The van der Waals surface area contributed by atoms with Gasteiger partial charge in [0.1, 0.15) is 5.75 Å². The Morgan fingerprint density at radius 2 is 1.60 bits per heavy atom. The average Bonchev–Trinajstić information content (AvgIpc) is 3.46. The van der Waals surface area contributed by atoms with Crippen molar-refractivity contribution in [1.29, 1.82) is 0 Å². The van der Waals surface area contributed by atoms with Crippen LogP contribution in [-0.2, 0) is 24.3 Å². The first-order chi connectivity index (χ1) is 24.7. The molecule has 4 aromatic rings. The molecule has 2 N–H and O–H groups in total. The number of amides is 1. The molecular formula is C39H47Cl2F3N6O2. The van der Waals surface area contributed by atoms with E-state index < -0.39 is 6.36 Å². The van der Waals surface area contributed by atoms with E-state index in [0.717, 1.165) is 91.9 Å². The van der Waals surface area contributed by atoms with E-state index in [-0.39, 0.29) is 23.2 Å². The fourth-order valence-electron chi connectivity index (χ4n) is 7.08. The van der Waals surface area contributed by atoms with Crippen molar-refractivity contribution in [1.82, 2.24) is 29.9 Å². The molecule has 6 rings (SSSR count). The molecule has 1 aromatic heterocycles. The molecule has 0 bridgehead atoms. The molecule has 3 aromatic carbocycles. The molecule has 2 aliphatic rings. The normalized spacial score (nSPS) is 18.2. The highest BCUT2D eigenvalue weighted by molar-refractivity contribution is 6.35. The van der Waals surface area contributed by atoms with E-state index in [1.807, 2.05) is 22.8 Å². The number of nitrogens with zero attached hydrogens (tertiary/aromatic N) is 4. The van der Waals surface area contributed by atoms with Crippen molar-refractivity contribution < 1.29 is 22.7 Å². The van der Waals surface area contributed by atoms with Crippen LogP contribution in [0.1, 0.15) is 43.9 Å². The fourth-order valence-corrected chi connectivity index (χ4v) is 7.60. The van der Waals surface area contributed by atoms with Crippen molar-refractivity contribution in [2.45, 2.75) is 64.6 Å². The monoisotopic (exact) mass is 758 g/mol. The minimum Gasteiger partial charge on any atom is -0.406 e. The molecule has 2 aliphatic heterocycles. The molecular weight excluding hydrogens is 712 g/mol. The zero-order valence-corrected chi connectivity index (χ0v) is 31.4. The molecule has 2 fully saturated rings. The topological polar surface area (TPSA) is 65.0 Å². The Hall–Kier alpha value is -3.32. The number of halogens is 5. The number of carbonyl (C=O) groups is 1. The van der Waals surface area contributed by atoms with Gasteiger partial charge in [-0.05, 0) is 87.2 Å². The lowest BCUT2D eigenvalue weighted by atomic mass is 10.0. The summed E-state index contributed by atoms with van der Waals surface area (Å²) < 4.78 is 44.7. The molecule has 3 heterocycles. The molecule has 1 amide bonds. The number of aromatic nitrogens is 1. The minimum atomic E-state index is -4.76. The third kappa shape index (κ3) is 9.80. The van der Waals surface area contributed by atoms with Gasteiger partial charge in [-0.2, -0.15) is 0 Å². The number of alkyl halides is 3. The number of rotatable bonds is 11. The maximum atomic E-state index is 13.0. The maximum absolute atomic E-state index is 13.0. The zero-order valence-electron chi connectivity index (χ0n) is 29.9. The van der Waals surface area contributed by atoms with Gasteiger partial charge in [0, 0.05) is 104 Å². The number of hydrogen-bond acceptors (Lipinski definition) is 6. The van der Waals surface area contributed by atoms with Crippen LogP contribution >= 0.6 is 23.2 Å².